The van der Waals surface area contributed by atoms with Crippen molar-refractivity contribution >= 4 is 17.5 Å². The number of hydrogen-bond acceptors (Lipinski definition) is 2. The predicted molar refractivity (Wildman–Crippen MR) is 70.4 cm³/mol. The van der Waals surface area contributed by atoms with Crippen LogP contribution in [0.2, 0.25) is 5.02 Å². The van der Waals surface area contributed by atoms with Crippen LogP contribution in [-0.4, -0.2) is 11.9 Å². The average Bonchev–Trinajstić information content (AvgIpc) is 2.79. The largest absolute Gasteiger partial charge is 0.348 e. The molecule has 0 heterocycles. The normalized spacial score (nSPS) is 22.5. The lowest BCUT2D eigenvalue weighted by Gasteiger charge is -2.15. The van der Waals surface area contributed by atoms with Gasteiger partial charge in [0.25, 0.3) is 5.91 Å². The smallest absolute Gasteiger partial charge is 0.251 e. The van der Waals surface area contributed by atoms with Crippen LogP contribution in [-0.2, 0) is 0 Å². The highest BCUT2D eigenvalue weighted by Gasteiger charge is 2.28. The molecule has 0 aromatic heterocycles. The fourth-order valence-electron chi connectivity index (χ4n) is 2.32. The van der Waals surface area contributed by atoms with Gasteiger partial charge in [-0.25, -0.2) is 0 Å². The van der Waals surface area contributed by atoms with E-state index in [1.165, 1.54) is 0 Å². The summed E-state index contributed by atoms with van der Waals surface area (Å²) in [5.41, 5.74) is 1.48. The zero-order chi connectivity index (χ0) is 13.1. The standard InChI is InChI=1S/C14H15ClN2O/c1-9-7-10(5-6-12(9)15)14(18)17-13-4-2-3-11(13)8-16/h5-7,11,13H,2-4H2,1H3,(H,17,18). The van der Waals surface area contributed by atoms with Crippen molar-refractivity contribution in [2.75, 3.05) is 0 Å². The van der Waals surface area contributed by atoms with E-state index in [0.717, 1.165) is 24.8 Å². The molecule has 1 aliphatic rings. The van der Waals surface area contributed by atoms with E-state index in [1.54, 1.807) is 18.2 Å². The van der Waals surface area contributed by atoms with Gasteiger partial charge in [-0.05, 0) is 49.9 Å². The number of nitriles is 1. The summed E-state index contributed by atoms with van der Waals surface area (Å²) >= 11 is 5.93. The maximum Gasteiger partial charge on any atom is 0.251 e. The highest BCUT2D eigenvalue weighted by Crippen LogP contribution is 2.25. The first-order valence-corrected chi connectivity index (χ1v) is 6.46. The molecule has 94 valence electrons. The molecule has 0 aliphatic heterocycles. The predicted octanol–water partition coefficient (Wildman–Crippen LogP) is 3.07. The van der Waals surface area contributed by atoms with E-state index in [2.05, 4.69) is 11.4 Å². The van der Waals surface area contributed by atoms with Crippen LogP contribution in [0, 0.1) is 24.2 Å². The van der Waals surface area contributed by atoms with E-state index in [9.17, 15) is 4.79 Å². The molecule has 1 fully saturated rings. The number of aryl methyl sites for hydroxylation is 1. The minimum atomic E-state index is -0.123. The second kappa shape index (κ2) is 5.41. The molecule has 0 bridgehead atoms. The van der Waals surface area contributed by atoms with Crippen LogP contribution >= 0.6 is 11.6 Å². The molecule has 4 heteroatoms. The van der Waals surface area contributed by atoms with Crippen LogP contribution in [0.4, 0.5) is 0 Å². The molecule has 3 nitrogen and oxygen atoms in total. The topological polar surface area (TPSA) is 52.9 Å². The van der Waals surface area contributed by atoms with Gasteiger partial charge >= 0.3 is 0 Å². The van der Waals surface area contributed by atoms with Crippen molar-refractivity contribution in [3.63, 3.8) is 0 Å². The molecule has 0 spiro atoms. The van der Waals surface area contributed by atoms with Gasteiger partial charge in [-0.1, -0.05) is 11.6 Å². The minimum absolute atomic E-state index is 0.0153. The summed E-state index contributed by atoms with van der Waals surface area (Å²) in [7, 11) is 0. The summed E-state index contributed by atoms with van der Waals surface area (Å²) in [5, 5.41) is 12.6. The first-order valence-electron chi connectivity index (χ1n) is 6.08. The lowest BCUT2D eigenvalue weighted by Crippen LogP contribution is -2.36. The van der Waals surface area contributed by atoms with Crippen molar-refractivity contribution in [2.45, 2.75) is 32.2 Å². The van der Waals surface area contributed by atoms with Gasteiger partial charge in [-0.2, -0.15) is 5.26 Å². The Labute approximate surface area is 112 Å². The molecule has 1 amide bonds. The fourth-order valence-corrected chi connectivity index (χ4v) is 2.44. The Bertz CT molecular complexity index is 507. The second-order valence-corrected chi connectivity index (χ2v) is 5.12. The summed E-state index contributed by atoms with van der Waals surface area (Å²) in [5.74, 6) is -0.177. The van der Waals surface area contributed by atoms with Gasteiger partial charge in [-0.3, -0.25) is 4.79 Å². The number of halogens is 1. The highest BCUT2D eigenvalue weighted by atomic mass is 35.5. The van der Waals surface area contributed by atoms with Crippen LogP contribution in [0.15, 0.2) is 18.2 Å². The molecule has 1 aliphatic carbocycles. The molecule has 2 rings (SSSR count). The van der Waals surface area contributed by atoms with Gasteiger partial charge in [0.05, 0.1) is 12.0 Å². The van der Waals surface area contributed by atoms with Crippen molar-refractivity contribution in [3.05, 3.63) is 34.3 Å². The quantitative estimate of drug-likeness (QED) is 0.891. The number of nitrogens with one attached hydrogen (secondary N) is 1. The molecule has 1 saturated carbocycles. The van der Waals surface area contributed by atoms with Crippen molar-refractivity contribution < 1.29 is 4.79 Å². The summed E-state index contributed by atoms with van der Waals surface area (Å²) in [6.07, 6.45) is 2.76. The number of hydrogen-bond donors (Lipinski definition) is 1. The molecule has 0 radical (unpaired) electrons. The molecule has 18 heavy (non-hydrogen) atoms. The number of carbonyl (C=O) groups is 1. The summed E-state index contributed by atoms with van der Waals surface area (Å²) < 4.78 is 0. The number of benzene rings is 1. The Morgan fingerprint density at radius 3 is 2.94 bits per heavy atom. The number of rotatable bonds is 2. The molecule has 2 atom stereocenters. The molecule has 1 aromatic rings. The van der Waals surface area contributed by atoms with E-state index < -0.39 is 0 Å². The maximum atomic E-state index is 12.1. The number of carbonyl (C=O) groups excluding carboxylic acids is 1. The van der Waals surface area contributed by atoms with Crippen molar-refractivity contribution in [2.24, 2.45) is 5.92 Å². The van der Waals surface area contributed by atoms with E-state index in [4.69, 9.17) is 16.9 Å². The van der Waals surface area contributed by atoms with Crippen LogP contribution in [0.3, 0.4) is 0 Å². The minimum Gasteiger partial charge on any atom is -0.348 e. The first-order chi connectivity index (χ1) is 8.61. The van der Waals surface area contributed by atoms with E-state index in [0.29, 0.717) is 10.6 Å². The Hall–Kier alpha value is -1.53. The molecular weight excluding hydrogens is 248 g/mol. The Kier molecular flexibility index (Phi) is 3.88. The van der Waals surface area contributed by atoms with Crippen molar-refractivity contribution in [1.29, 1.82) is 5.26 Å². The van der Waals surface area contributed by atoms with Crippen LogP contribution in [0.1, 0.15) is 35.2 Å². The summed E-state index contributed by atoms with van der Waals surface area (Å²) in [6.45, 7) is 1.87. The molecule has 1 aromatic carbocycles. The van der Waals surface area contributed by atoms with Gasteiger partial charge in [0.2, 0.25) is 0 Å². The second-order valence-electron chi connectivity index (χ2n) is 4.71. The Morgan fingerprint density at radius 1 is 1.50 bits per heavy atom. The van der Waals surface area contributed by atoms with Crippen molar-refractivity contribution in [1.82, 2.24) is 5.32 Å². The lowest BCUT2D eigenvalue weighted by molar-refractivity contribution is 0.0933. The Balaban J connectivity index is 2.08. The third kappa shape index (κ3) is 2.65. The lowest BCUT2D eigenvalue weighted by atomic mass is 10.0. The molecule has 2 unspecified atom stereocenters. The van der Waals surface area contributed by atoms with Gasteiger partial charge in [0.1, 0.15) is 0 Å². The van der Waals surface area contributed by atoms with E-state index in [-0.39, 0.29) is 17.9 Å². The zero-order valence-corrected chi connectivity index (χ0v) is 11.0. The highest BCUT2D eigenvalue weighted by molar-refractivity contribution is 6.31. The average molecular weight is 263 g/mol. The third-order valence-corrected chi connectivity index (χ3v) is 3.84. The van der Waals surface area contributed by atoms with E-state index >= 15 is 0 Å². The Morgan fingerprint density at radius 2 is 2.28 bits per heavy atom. The fraction of sp³-hybridized carbons (Fsp3) is 0.429. The van der Waals surface area contributed by atoms with E-state index in [1.807, 2.05) is 6.92 Å². The first kappa shape index (κ1) is 12.9. The van der Waals surface area contributed by atoms with Gasteiger partial charge < -0.3 is 5.32 Å². The van der Waals surface area contributed by atoms with Crippen LogP contribution in [0.25, 0.3) is 0 Å². The van der Waals surface area contributed by atoms with Crippen LogP contribution in [0.5, 0.6) is 0 Å². The van der Waals surface area contributed by atoms with Gasteiger partial charge in [0.15, 0.2) is 0 Å². The summed E-state index contributed by atoms with van der Waals surface area (Å²) in [6, 6.07) is 7.45. The molecule has 0 saturated heterocycles. The monoisotopic (exact) mass is 262 g/mol. The number of nitrogens with zero attached hydrogens (tertiary/aromatic N) is 1. The van der Waals surface area contributed by atoms with Crippen molar-refractivity contribution in [3.8, 4) is 6.07 Å². The maximum absolute atomic E-state index is 12.1. The van der Waals surface area contributed by atoms with Gasteiger partial charge in [0, 0.05) is 16.6 Å². The third-order valence-electron chi connectivity index (χ3n) is 3.42. The molecular formula is C14H15ClN2O. The zero-order valence-electron chi connectivity index (χ0n) is 10.2. The SMILES string of the molecule is Cc1cc(C(=O)NC2CCCC2C#N)ccc1Cl. The van der Waals surface area contributed by atoms with Crippen LogP contribution < -0.4 is 5.32 Å². The number of amides is 1. The summed E-state index contributed by atoms with van der Waals surface area (Å²) in [4.78, 5) is 12.1. The van der Waals surface area contributed by atoms with Gasteiger partial charge in [-0.15, -0.1) is 0 Å². The molecule has 1 N–H and O–H groups in total.